The van der Waals surface area contributed by atoms with E-state index in [1.807, 2.05) is 0 Å². The van der Waals surface area contributed by atoms with Gasteiger partial charge in [0.2, 0.25) is 5.43 Å². The molecule has 1 amide bonds. The van der Waals surface area contributed by atoms with Crippen LogP contribution >= 0.6 is 0 Å². The maximum absolute atomic E-state index is 13.9. The highest BCUT2D eigenvalue weighted by atomic mass is 19.1. The molecule has 1 aliphatic rings. The number of benzene rings is 1. The number of aliphatic hydroxyl groups is 1. The molecule has 0 radical (unpaired) electrons. The highest BCUT2D eigenvalue weighted by molar-refractivity contribution is 6.00. The van der Waals surface area contributed by atoms with Crippen LogP contribution in [0.3, 0.4) is 0 Å². The standard InChI is InChI=1S/C24H29F2N3O6/c1-24(2,34)8-9-28-14-27(10-11-35-3)23(33)20-22(32)21(31)17(13-29(20)28)19(30)7-5-15-4-6-16(25)12-18(15)26/h4,6,12-13,32,34H,5,7-11,14H2,1-3H3. The molecule has 0 fully saturated rings. The second-order valence-corrected chi connectivity index (χ2v) is 9.07. The average Bonchev–Trinajstić information content (AvgIpc) is 2.78. The zero-order chi connectivity index (χ0) is 25.9. The summed E-state index contributed by atoms with van der Waals surface area (Å²) in [6.07, 6.45) is 1.13. The van der Waals surface area contributed by atoms with E-state index < -0.39 is 40.1 Å². The van der Waals surface area contributed by atoms with Crippen molar-refractivity contribution in [1.29, 1.82) is 0 Å². The zero-order valence-electron chi connectivity index (χ0n) is 19.9. The number of aromatic hydroxyl groups is 1. The normalized spacial score (nSPS) is 13.8. The van der Waals surface area contributed by atoms with Gasteiger partial charge in [-0.1, -0.05) is 6.07 Å². The van der Waals surface area contributed by atoms with Crippen molar-refractivity contribution < 1.29 is 33.3 Å². The molecule has 0 aliphatic carbocycles. The number of hydrogen-bond acceptors (Lipinski definition) is 7. The minimum atomic E-state index is -1.03. The summed E-state index contributed by atoms with van der Waals surface area (Å²) in [5, 5.41) is 22.4. The molecule has 2 aromatic rings. The molecule has 3 rings (SSSR count). The summed E-state index contributed by atoms with van der Waals surface area (Å²) >= 11 is 0. The SMILES string of the molecule is COCCN1CN(CCC(C)(C)O)n2cc(C(=O)CCc3ccc(F)cc3F)c(=O)c(O)c2C1=O. The Morgan fingerprint density at radius 3 is 2.54 bits per heavy atom. The Morgan fingerprint density at radius 1 is 1.20 bits per heavy atom. The molecule has 1 aromatic carbocycles. The van der Waals surface area contributed by atoms with Gasteiger partial charge in [-0.3, -0.25) is 24.1 Å². The summed E-state index contributed by atoms with van der Waals surface area (Å²) in [4.78, 5) is 40.1. The van der Waals surface area contributed by atoms with Crippen molar-refractivity contribution in [3.63, 3.8) is 0 Å². The van der Waals surface area contributed by atoms with Gasteiger partial charge in [-0.25, -0.2) is 8.78 Å². The van der Waals surface area contributed by atoms with Crippen LogP contribution in [0.4, 0.5) is 8.78 Å². The summed E-state index contributed by atoms with van der Waals surface area (Å²) in [5.74, 6) is -3.69. The fourth-order valence-corrected chi connectivity index (χ4v) is 3.75. The van der Waals surface area contributed by atoms with E-state index in [9.17, 15) is 33.4 Å². The first kappa shape index (κ1) is 26.3. The third-order valence-corrected chi connectivity index (χ3v) is 5.78. The van der Waals surface area contributed by atoms with E-state index in [0.29, 0.717) is 12.5 Å². The lowest BCUT2D eigenvalue weighted by atomic mass is 10.0. The Morgan fingerprint density at radius 2 is 1.91 bits per heavy atom. The van der Waals surface area contributed by atoms with Crippen LogP contribution in [0.1, 0.15) is 53.1 Å². The molecular weight excluding hydrogens is 464 g/mol. The summed E-state index contributed by atoms with van der Waals surface area (Å²) < 4.78 is 33.4. The molecule has 0 saturated heterocycles. The second-order valence-electron chi connectivity index (χ2n) is 9.07. The number of halogens is 2. The van der Waals surface area contributed by atoms with Crippen molar-refractivity contribution in [2.24, 2.45) is 0 Å². The van der Waals surface area contributed by atoms with Crippen molar-refractivity contribution in [3.05, 3.63) is 63.1 Å². The number of rotatable bonds is 10. The largest absolute Gasteiger partial charge is 0.502 e. The van der Waals surface area contributed by atoms with Gasteiger partial charge in [0, 0.05) is 38.9 Å². The number of carbonyl (C=O) groups excluding carboxylic acids is 2. The van der Waals surface area contributed by atoms with Crippen molar-refractivity contribution in [2.45, 2.75) is 38.7 Å². The second kappa shape index (κ2) is 10.5. The third-order valence-electron chi connectivity index (χ3n) is 5.78. The molecule has 1 aromatic heterocycles. The van der Waals surface area contributed by atoms with E-state index in [4.69, 9.17) is 4.74 Å². The van der Waals surface area contributed by atoms with Crippen LogP contribution in [0.15, 0.2) is 29.2 Å². The van der Waals surface area contributed by atoms with Crippen LogP contribution in [0, 0.1) is 11.6 Å². The summed E-state index contributed by atoms with van der Waals surface area (Å²) in [6.45, 7) is 3.99. The molecule has 0 spiro atoms. The van der Waals surface area contributed by atoms with E-state index in [1.54, 1.807) is 18.9 Å². The van der Waals surface area contributed by atoms with Crippen LogP contribution in [0.2, 0.25) is 0 Å². The van der Waals surface area contributed by atoms with Crippen LogP contribution in [-0.2, 0) is 11.2 Å². The number of carbonyl (C=O) groups is 2. The number of pyridine rings is 1. The molecule has 190 valence electrons. The molecule has 0 unspecified atom stereocenters. The number of aromatic nitrogens is 1. The molecule has 0 atom stereocenters. The Balaban J connectivity index is 1.95. The smallest absolute Gasteiger partial charge is 0.277 e. The van der Waals surface area contributed by atoms with Gasteiger partial charge in [-0.05, 0) is 38.3 Å². The lowest BCUT2D eigenvalue weighted by molar-refractivity contribution is 0.0570. The molecule has 2 N–H and O–H groups in total. The van der Waals surface area contributed by atoms with Gasteiger partial charge in [-0.15, -0.1) is 0 Å². The van der Waals surface area contributed by atoms with Gasteiger partial charge in [0.15, 0.2) is 17.2 Å². The Labute approximate surface area is 201 Å². The van der Waals surface area contributed by atoms with Crippen molar-refractivity contribution in [3.8, 4) is 5.75 Å². The number of methoxy groups -OCH3 is 1. The fraction of sp³-hybridized carbons (Fsp3) is 0.458. The molecule has 2 heterocycles. The van der Waals surface area contributed by atoms with E-state index >= 15 is 0 Å². The summed E-state index contributed by atoms with van der Waals surface area (Å²) in [7, 11) is 1.48. The number of ketones is 1. The highest BCUT2D eigenvalue weighted by Gasteiger charge is 2.34. The maximum Gasteiger partial charge on any atom is 0.277 e. The van der Waals surface area contributed by atoms with Crippen molar-refractivity contribution in [1.82, 2.24) is 9.58 Å². The monoisotopic (exact) mass is 493 g/mol. The Bertz CT molecular complexity index is 1180. The minimum absolute atomic E-state index is 0.0714. The predicted molar refractivity (Wildman–Crippen MR) is 123 cm³/mol. The molecule has 0 bridgehead atoms. The van der Waals surface area contributed by atoms with E-state index in [0.717, 1.165) is 6.07 Å². The zero-order valence-corrected chi connectivity index (χ0v) is 19.9. The first-order valence-electron chi connectivity index (χ1n) is 11.1. The number of Topliss-reactive ketones (excluding diaryl/α,β-unsaturated/α-hetero) is 1. The van der Waals surface area contributed by atoms with Crippen LogP contribution in [0.5, 0.6) is 5.75 Å². The number of ether oxygens (including phenoxy) is 1. The highest BCUT2D eigenvalue weighted by Crippen LogP contribution is 2.23. The number of amides is 1. The molecular formula is C24H29F2N3O6. The number of fused-ring (bicyclic) bond motifs is 1. The molecule has 0 saturated carbocycles. The molecule has 1 aliphatic heterocycles. The molecule has 35 heavy (non-hydrogen) atoms. The van der Waals surface area contributed by atoms with Crippen molar-refractivity contribution in [2.75, 3.05) is 38.5 Å². The van der Waals surface area contributed by atoms with Gasteiger partial charge >= 0.3 is 0 Å². The lowest BCUT2D eigenvalue weighted by Crippen LogP contribution is -2.56. The van der Waals surface area contributed by atoms with E-state index in [1.165, 1.54) is 28.9 Å². The number of hydrogen-bond donors (Lipinski definition) is 2. The van der Waals surface area contributed by atoms with Crippen LogP contribution < -0.4 is 10.4 Å². The number of aryl methyl sites for hydroxylation is 1. The summed E-state index contributed by atoms with van der Waals surface area (Å²) in [6, 6.07) is 3.01. The van der Waals surface area contributed by atoms with Crippen LogP contribution in [0.25, 0.3) is 0 Å². The maximum atomic E-state index is 13.9. The first-order valence-corrected chi connectivity index (χ1v) is 11.1. The lowest BCUT2D eigenvalue weighted by Gasteiger charge is -2.40. The molecule has 11 heteroatoms. The minimum Gasteiger partial charge on any atom is -0.502 e. The fourth-order valence-electron chi connectivity index (χ4n) is 3.75. The predicted octanol–water partition coefficient (Wildman–Crippen LogP) is 1.81. The summed E-state index contributed by atoms with van der Waals surface area (Å²) in [5.41, 5.74) is -2.59. The Hall–Kier alpha value is -3.31. The van der Waals surface area contributed by atoms with Gasteiger partial charge in [-0.2, -0.15) is 0 Å². The van der Waals surface area contributed by atoms with Gasteiger partial charge in [0.25, 0.3) is 5.91 Å². The van der Waals surface area contributed by atoms with Crippen molar-refractivity contribution >= 4 is 11.7 Å². The average molecular weight is 494 g/mol. The topological polar surface area (TPSA) is 112 Å². The number of nitrogens with zero attached hydrogens (tertiary/aromatic N) is 3. The van der Waals surface area contributed by atoms with Gasteiger partial charge < -0.3 is 19.8 Å². The third kappa shape index (κ3) is 6.04. The van der Waals surface area contributed by atoms with E-state index in [-0.39, 0.29) is 56.0 Å². The van der Waals surface area contributed by atoms with Crippen LogP contribution in [-0.4, -0.2) is 70.6 Å². The van der Waals surface area contributed by atoms with E-state index in [2.05, 4.69) is 0 Å². The van der Waals surface area contributed by atoms with Gasteiger partial charge in [0.05, 0.1) is 17.8 Å². The Kier molecular flexibility index (Phi) is 7.91. The van der Waals surface area contributed by atoms with Gasteiger partial charge in [0.1, 0.15) is 18.3 Å². The molecule has 9 nitrogen and oxygen atoms in total. The quantitative estimate of drug-likeness (QED) is 0.486. The first-order chi connectivity index (χ1) is 16.4.